The predicted octanol–water partition coefficient (Wildman–Crippen LogP) is 3.77. The molecular weight excluding hydrogens is 340 g/mol. The number of rotatable bonds is 3. The van der Waals surface area contributed by atoms with E-state index >= 15 is 0 Å². The van der Waals surface area contributed by atoms with E-state index in [-0.39, 0.29) is 0 Å². The molecule has 0 aliphatic heterocycles. The first kappa shape index (κ1) is 13.3. The minimum absolute atomic E-state index is 0.438. The van der Waals surface area contributed by atoms with Gasteiger partial charge in [0, 0.05) is 27.3 Å². The van der Waals surface area contributed by atoms with Gasteiger partial charge in [-0.15, -0.1) is 11.3 Å². The predicted molar refractivity (Wildman–Crippen MR) is 82.3 cm³/mol. The normalized spacial score (nSPS) is 10.9. The van der Waals surface area contributed by atoms with Crippen molar-refractivity contribution >= 4 is 32.3 Å². The van der Waals surface area contributed by atoms with Gasteiger partial charge < -0.3 is 10.3 Å². The van der Waals surface area contributed by atoms with E-state index in [1.165, 1.54) is 4.88 Å². The van der Waals surface area contributed by atoms with E-state index in [1.54, 1.807) is 23.7 Å². The van der Waals surface area contributed by atoms with Gasteiger partial charge in [0.2, 0.25) is 5.82 Å². The lowest BCUT2D eigenvalue weighted by atomic mass is 10.2. The molecule has 0 saturated carbocycles. The largest absolute Gasteiger partial charge is 0.390 e. The van der Waals surface area contributed by atoms with Gasteiger partial charge >= 0.3 is 0 Å². The van der Waals surface area contributed by atoms with Crippen LogP contribution >= 0.6 is 27.3 Å². The Morgan fingerprint density at radius 2 is 2.20 bits per heavy atom. The maximum atomic E-state index is 5.99. The number of pyridine rings is 1. The second-order valence-corrected chi connectivity index (χ2v) is 6.24. The minimum Gasteiger partial charge on any atom is -0.390 e. The summed E-state index contributed by atoms with van der Waals surface area (Å²) in [5.74, 6) is 0.936. The quantitative estimate of drug-likeness (QED) is 0.777. The summed E-state index contributed by atoms with van der Waals surface area (Å²) in [7, 11) is 0. The molecule has 5 nitrogen and oxygen atoms in total. The molecule has 3 rings (SSSR count). The molecular formula is C13H11BrN4OS. The van der Waals surface area contributed by atoms with Gasteiger partial charge in [0.25, 0.3) is 5.89 Å². The van der Waals surface area contributed by atoms with Crippen molar-refractivity contribution in [1.29, 1.82) is 0 Å². The highest BCUT2D eigenvalue weighted by atomic mass is 79.9. The first-order valence-electron chi connectivity index (χ1n) is 6.00. The summed E-state index contributed by atoms with van der Waals surface area (Å²) in [5, 5.41) is 4.68. The fraction of sp³-hybridized carbons (Fsp3) is 0.154. The maximum absolute atomic E-state index is 5.99. The van der Waals surface area contributed by atoms with Gasteiger partial charge in [-0.3, -0.25) is 4.98 Å². The lowest BCUT2D eigenvalue weighted by Gasteiger charge is -1.93. The second kappa shape index (κ2) is 5.34. The Hall–Kier alpha value is -1.73. The molecule has 20 heavy (non-hydrogen) atoms. The van der Waals surface area contributed by atoms with Crippen molar-refractivity contribution in [3.63, 3.8) is 0 Å². The zero-order valence-corrected chi connectivity index (χ0v) is 13.0. The molecule has 0 aromatic carbocycles. The van der Waals surface area contributed by atoms with Crippen molar-refractivity contribution in [3.05, 3.63) is 33.9 Å². The molecule has 3 aromatic heterocycles. The molecule has 102 valence electrons. The Kier molecular flexibility index (Phi) is 3.54. The smallest absolute Gasteiger partial charge is 0.261 e. The average Bonchev–Trinajstić information content (AvgIpc) is 3.05. The van der Waals surface area contributed by atoms with E-state index in [0.717, 1.165) is 22.0 Å². The molecule has 3 heterocycles. The van der Waals surface area contributed by atoms with E-state index in [2.05, 4.69) is 38.0 Å². The maximum Gasteiger partial charge on any atom is 0.261 e. The number of anilines is 1. The van der Waals surface area contributed by atoms with Crippen LogP contribution in [0.15, 0.2) is 33.5 Å². The van der Waals surface area contributed by atoms with Gasteiger partial charge in [-0.05, 0) is 34.5 Å². The molecule has 0 fully saturated rings. The Bertz CT molecular complexity index is 752. The highest BCUT2D eigenvalue weighted by Crippen LogP contribution is 2.34. The summed E-state index contributed by atoms with van der Waals surface area (Å²) in [5.41, 5.74) is 7.58. The van der Waals surface area contributed by atoms with Crippen LogP contribution in [-0.2, 0) is 6.42 Å². The zero-order chi connectivity index (χ0) is 14.1. The van der Waals surface area contributed by atoms with Crippen LogP contribution in [-0.4, -0.2) is 15.1 Å². The lowest BCUT2D eigenvalue weighted by Crippen LogP contribution is -1.85. The monoisotopic (exact) mass is 350 g/mol. The third-order valence-electron chi connectivity index (χ3n) is 2.78. The Morgan fingerprint density at radius 1 is 1.35 bits per heavy atom. The van der Waals surface area contributed by atoms with Crippen LogP contribution in [0.25, 0.3) is 22.8 Å². The van der Waals surface area contributed by atoms with Gasteiger partial charge in [-0.1, -0.05) is 12.1 Å². The fourth-order valence-corrected chi connectivity index (χ4v) is 3.01. The van der Waals surface area contributed by atoms with E-state index in [9.17, 15) is 0 Å². The van der Waals surface area contributed by atoms with Crippen molar-refractivity contribution in [2.75, 3.05) is 5.73 Å². The molecule has 0 saturated heterocycles. The van der Waals surface area contributed by atoms with Gasteiger partial charge in [-0.25, -0.2) is 0 Å². The Morgan fingerprint density at radius 3 is 2.90 bits per heavy atom. The van der Waals surface area contributed by atoms with Crippen molar-refractivity contribution in [2.24, 2.45) is 0 Å². The van der Waals surface area contributed by atoms with Crippen LogP contribution in [0.2, 0.25) is 0 Å². The Labute approximate surface area is 128 Å². The minimum atomic E-state index is 0.438. The third kappa shape index (κ3) is 2.46. The highest BCUT2D eigenvalue weighted by molar-refractivity contribution is 9.10. The van der Waals surface area contributed by atoms with Crippen LogP contribution in [0.5, 0.6) is 0 Å². The van der Waals surface area contributed by atoms with Crippen LogP contribution in [0.3, 0.4) is 0 Å². The van der Waals surface area contributed by atoms with Gasteiger partial charge in [0.15, 0.2) is 0 Å². The topological polar surface area (TPSA) is 77.8 Å². The van der Waals surface area contributed by atoms with E-state index in [1.807, 2.05) is 12.1 Å². The number of hydrogen-bond donors (Lipinski definition) is 1. The van der Waals surface area contributed by atoms with Crippen LogP contribution in [0.4, 0.5) is 5.00 Å². The van der Waals surface area contributed by atoms with Crippen molar-refractivity contribution < 1.29 is 4.52 Å². The summed E-state index contributed by atoms with van der Waals surface area (Å²) in [4.78, 5) is 9.67. The molecule has 0 radical (unpaired) electrons. The molecule has 0 amide bonds. The zero-order valence-electron chi connectivity index (χ0n) is 10.6. The number of aromatic nitrogens is 3. The van der Waals surface area contributed by atoms with Crippen LogP contribution < -0.4 is 5.73 Å². The highest BCUT2D eigenvalue weighted by Gasteiger charge is 2.16. The molecule has 0 unspecified atom stereocenters. The van der Waals surface area contributed by atoms with Gasteiger partial charge in [0.1, 0.15) is 0 Å². The molecule has 7 heteroatoms. The van der Waals surface area contributed by atoms with Crippen molar-refractivity contribution in [1.82, 2.24) is 15.1 Å². The number of thiophene rings is 1. The standard InChI is InChI=1S/C13H11BrN4OS/c1-2-9-4-10(11(15)20-9)13-17-12(18-19-13)7-3-8(14)6-16-5-7/h3-6H,2,15H2,1H3. The number of halogens is 1. The number of nitrogen functional groups attached to an aromatic ring is 1. The molecule has 0 aliphatic rings. The second-order valence-electron chi connectivity index (χ2n) is 4.16. The number of nitrogens with zero attached hydrogens (tertiary/aromatic N) is 3. The summed E-state index contributed by atoms with van der Waals surface area (Å²) in [6, 6.07) is 3.88. The van der Waals surface area contributed by atoms with Crippen LogP contribution in [0.1, 0.15) is 11.8 Å². The van der Waals surface area contributed by atoms with E-state index in [4.69, 9.17) is 10.3 Å². The Balaban J connectivity index is 1.99. The summed E-state index contributed by atoms with van der Waals surface area (Å²) in [6.07, 6.45) is 4.33. The summed E-state index contributed by atoms with van der Waals surface area (Å²) in [6.45, 7) is 2.08. The third-order valence-corrected chi connectivity index (χ3v) is 4.32. The van der Waals surface area contributed by atoms with E-state index < -0.39 is 0 Å². The molecule has 2 N–H and O–H groups in total. The first-order chi connectivity index (χ1) is 9.67. The van der Waals surface area contributed by atoms with Crippen molar-refractivity contribution in [3.8, 4) is 22.8 Å². The van der Waals surface area contributed by atoms with Crippen LogP contribution in [0, 0.1) is 0 Å². The van der Waals surface area contributed by atoms with Gasteiger partial charge in [0.05, 0.1) is 10.6 Å². The van der Waals surface area contributed by atoms with Gasteiger partial charge in [-0.2, -0.15) is 4.98 Å². The molecule has 0 atom stereocenters. The number of aryl methyl sites for hydroxylation is 1. The average molecular weight is 351 g/mol. The van der Waals surface area contributed by atoms with Crippen molar-refractivity contribution in [2.45, 2.75) is 13.3 Å². The molecule has 0 bridgehead atoms. The fourth-order valence-electron chi connectivity index (χ4n) is 1.78. The van der Waals surface area contributed by atoms with E-state index in [0.29, 0.717) is 16.7 Å². The number of hydrogen-bond acceptors (Lipinski definition) is 6. The summed E-state index contributed by atoms with van der Waals surface area (Å²) >= 11 is 4.92. The SMILES string of the molecule is CCc1cc(-c2nc(-c3cncc(Br)c3)no2)c(N)s1. The molecule has 0 aliphatic carbocycles. The number of nitrogens with two attached hydrogens (primary N) is 1. The molecule has 0 spiro atoms. The lowest BCUT2D eigenvalue weighted by molar-refractivity contribution is 0.432. The molecule has 3 aromatic rings. The first-order valence-corrected chi connectivity index (χ1v) is 7.61. The summed E-state index contributed by atoms with van der Waals surface area (Å²) < 4.78 is 6.17.